The molecular weight excluding hydrogens is 252 g/mol. The molecule has 0 radical (unpaired) electrons. The summed E-state index contributed by atoms with van der Waals surface area (Å²) in [5.41, 5.74) is 1.86. The van der Waals surface area contributed by atoms with E-state index < -0.39 is 0 Å². The zero-order chi connectivity index (χ0) is 13.7. The van der Waals surface area contributed by atoms with Crippen LogP contribution in [0.1, 0.15) is 25.0 Å². The van der Waals surface area contributed by atoms with Crippen LogP contribution in [0.2, 0.25) is 5.15 Å². The highest BCUT2D eigenvalue weighted by molar-refractivity contribution is 6.30. The van der Waals surface area contributed by atoms with Crippen LogP contribution < -0.4 is 10.2 Å². The zero-order valence-corrected chi connectivity index (χ0v) is 12.0. The third kappa shape index (κ3) is 3.32. The summed E-state index contributed by atoms with van der Waals surface area (Å²) in [6.07, 6.45) is 0. The molecule has 100 valence electrons. The van der Waals surface area contributed by atoms with Crippen molar-refractivity contribution >= 4 is 23.3 Å². The van der Waals surface area contributed by atoms with E-state index in [4.69, 9.17) is 11.6 Å². The number of rotatable bonds is 5. The molecule has 0 bridgehead atoms. The molecule has 0 unspecified atom stereocenters. The summed E-state index contributed by atoms with van der Waals surface area (Å²) in [5, 5.41) is 11.2. The van der Waals surface area contributed by atoms with Gasteiger partial charge in [-0.05, 0) is 38.8 Å². The van der Waals surface area contributed by atoms with E-state index in [9.17, 15) is 4.79 Å². The molecule has 0 aliphatic carbocycles. The van der Waals surface area contributed by atoms with Gasteiger partial charge in [0.25, 0.3) is 0 Å². The molecule has 0 aliphatic heterocycles. The highest BCUT2D eigenvalue weighted by Crippen LogP contribution is 2.23. The summed E-state index contributed by atoms with van der Waals surface area (Å²) in [4.78, 5) is 13.5. The van der Waals surface area contributed by atoms with Crippen LogP contribution in [-0.4, -0.2) is 35.7 Å². The van der Waals surface area contributed by atoms with Gasteiger partial charge in [-0.25, -0.2) is 0 Å². The lowest BCUT2D eigenvalue weighted by Crippen LogP contribution is -2.38. The topological polar surface area (TPSA) is 58.1 Å². The van der Waals surface area contributed by atoms with Gasteiger partial charge in [0.15, 0.2) is 11.0 Å². The number of carbonyl (C=O) groups is 1. The van der Waals surface area contributed by atoms with Crippen LogP contribution in [-0.2, 0) is 4.79 Å². The van der Waals surface area contributed by atoms with Crippen LogP contribution in [0.3, 0.4) is 0 Å². The summed E-state index contributed by atoms with van der Waals surface area (Å²) in [6, 6.07) is 0. The number of likely N-dealkylation sites (N-methyl/N-ethyl adjacent to an activating group) is 2. The number of hydrogen-bond donors (Lipinski definition) is 1. The monoisotopic (exact) mass is 270 g/mol. The van der Waals surface area contributed by atoms with Gasteiger partial charge < -0.3 is 10.2 Å². The van der Waals surface area contributed by atoms with E-state index in [0.717, 1.165) is 11.1 Å². The van der Waals surface area contributed by atoms with Crippen LogP contribution >= 0.6 is 11.6 Å². The van der Waals surface area contributed by atoms with Crippen molar-refractivity contribution < 1.29 is 4.79 Å². The Balaban J connectivity index is 2.95. The molecule has 0 aromatic carbocycles. The maximum absolute atomic E-state index is 11.6. The van der Waals surface area contributed by atoms with E-state index in [2.05, 4.69) is 15.5 Å². The minimum Gasteiger partial charge on any atom is -0.355 e. The van der Waals surface area contributed by atoms with Crippen molar-refractivity contribution in [1.29, 1.82) is 0 Å². The lowest BCUT2D eigenvalue weighted by Gasteiger charge is -2.23. The highest BCUT2D eigenvalue weighted by atomic mass is 35.5. The minimum absolute atomic E-state index is 0.0202. The number of amides is 1. The quantitative estimate of drug-likeness (QED) is 0.885. The van der Waals surface area contributed by atoms with E-state index in [1.807, 2.05) is 32.6 Å². The average Bonchev–Trinajstić information content (AvgIpc) is 2.34. The molecule has 1 rings (SSSR count). The summed E-state index contributed by atoms with van der Waals surface area (Å²) in [6.45, 7) is 9.30. The van der Waals surface area contributed by atoms with Crippen molar-refractivity contribution in [3.8, 4) is 0 Å². The summed E-state index contributed by atoms with van der Waals surface area (Å²) >= 11 is 5.92. The highest BCUT2D eigenvalue weighted by Gasteiger charge is 2.16. The van der Waals surface area contributed by atoms with E-state index in [1.54, 1.807) is 0 Å². The molecule has 1 aromatic heterocycles. The summed E-state index contributed by atoms with van der Waals surface area (Å²) in [7, 11) is 0. The largest absolute Gasteiger partial charge is 0.355 e. The number of nitrogens with zero attached hydrogens (tertiary/aromatic N) is 3. The zero-order valence-electron chi connectivity index (χ0n) is 11.2. The third-order valence-corrected chi connectivity index (χ3v) is 3.19. The molecule has 0 atom stereocenters. The molecule has 1 N–H and O–H groups in total. The first-order valence-corrected chi connectivity index (χ1v) is 6.40. The fraction of sp³-hybridized carbons (Fsp3) is 0.583. The SMILES string of the molecule is CCNC(=O)CN(CC)c1nnc(Cl)c(C)c1C. The second-order valence-corrected chi connectivity index (χ2v) is 4.39. The first-order chi connectivity index (χ1) is 8.51. The number of anilines is 1. The summed E-state index contributed by atoms with van der Waals surface area (Å²) in [5.74, 6) is 0.693. The second kappa shape index (κ2) is 6.54. The smallest absolute Gasteiger partial charge is 0.239 e. The molecule has 0 saturated heterocycles. The van der Waals surface area contributed by atoms with Crippen LogP contribution in [0.5, 0.6) is 0 Å². The lowest BCUT2D eigenvalue weighted by atomic mass is 10.2. The summed E-state index contributed by atoms with van der Waals surface area (Å²) < 4.78 is 0. The molecule has 0 saturated carbocycles. The number of aromatic nitrogens is 2. The molecule has 0 fully saturated rings. The fourth-order valence-corrected chi connectivity index (χ4v) is 1.81. The molecule has 1 aromatic rings. The van der Waals surface area contributed by atoms with Crippen LogP contribution in [0.25, 0.3) is 0 Å². The molecule has 1 amide bonds. The van der Waals surface area contributed by atoms with Gasteiger partial charge in [0.05, 0.1) is 6.54 Å². The Bertz CT molecular complexity index is 436. The van der Waals surface area contributed by atoms with Crippen LogP contribution in [0.15, 0.2) is 0 Å². The van der Waals surface area contributed by atoms with Crippen molar-refractivity contribution in [3.63, 3.8) is 0 Å². The molecule has 6 heteroatoms. The maximum Gasteiger partial charge on any atom is 0.239 e. The molecular formula is C12H19ClN4O. The van der Waals surface area contributed by atoms with Gasteiger partial charge in [-0.2, -0.15) is 0 Å². The van der Waals surface area contributed by atoms with E-state index in [0.29, 0.717) is 24.1 Å². The van der Waals surface area contributed by atoms with Crippen LogP contribution in [0, 0.1) is 13.8 Å². The van der Waals surface area contributed by atoms with Crippen molar-refractivity contribution in [2.24, 2.45) is 0 Å². The minimum atomic E-state index is -0.0202. The van der Waals surface area contributed by atoms with Gasteiger partial charge in [0.2, 0.25) is 5.91 Å². The normalized spacial score (nSPS) is 10.3. The Morgan fingerprint density at radius 1 is 1.28 bits per heavy atom. The molecule has 0 aliphatic rings. The van der Waals surface area contributed by atoms with Crippen molar-refractivity contribution in [2.45, 2.75) is 27.7 Å². The molecule has 1 heterocycles. The maximum atomic E-state index is 11.6. The Hall–Kier alpha value is -1.36. The number of carbonyl (C=O) groups excluding carboxylic acids is 1. The van der Waals surface area contributed by atoms with Gasteiger partial charge >= 0.3 is 0 Å². The number of halogens is 1. The van der Waals surface area contributed by atoms with Crippen molar-refractivity contribution in [2.75, 3.05) is 24.5 Å². The van der Waals surface area contributed by atoms with Crippen molar-refractivity contribution in [3.05, 3.63) is 16.3 Å². The Morgan fingerprint density at radius 2 is 1.94 bits per heavy atom. The average molecular weight is 271 g/mol. The third-order valence-electron chi connectivity index (χ3n) is 2.83. The molecule has 18 heavy (non-hydrogen) atoms. The van der Waals surface area contributed by atoms with Crippen molar-refractivity contribution in [1.82, 2.24) is 15.5 Å². The van der Waals surface area contributed by atoms with E-state index in [1.165, 1.54) is 0 Å². The van der Waals surface area contributed by atoms with E-state index >= 15 is 0 Å². The number of hydrogen-bond acceptors (Lipinski definition) is 4. The predicted octanol–water partition coefficient (Wildman–Crippen LogP) is 1.71. The Morgan fingerprint density at radius 3 is 2.50 bits per heavy atom. The first kappa shape index (κ1) is 14.7. The lowest BCUT2D eigenvalue weighted by molar-refractivity contribution is -0.119. The van der Waals surface area contributed by atoms with Crippen LogP contribution in [0.4, 0.5) is 5.82 Å². The second-order valence-electron chi connectivity index (χ2n) is 4.03. The Kier molecular flexibility index (Phi) is 5.34. The van der Waals surface area contributed by atoms with Gasteiger partial charge in [0.1, 0.15) is 0 Å². The Labute approximate surface area is 113 Å². The first-order valence-electron chi connectivity index (χ1n) is 6.02. The van der Waals surface area contributed by atoms with Gasteiger partial charge in [-0.1, -0.05) is 11.6 Å². The van der Waals surface area contributed by atoms with E-state index in [-0.39, 0.29) is 12.5 Å². The molecule has 5 nitrogen and oxygen atoms in total. The predicted molar refractivity (Wildman–Crippen MR) is 73.1 cm³/mol. The fourth-order valence-electron chi connectivity index (χ4n) is 1.63. The molecule has 0 spiro atoms. The standard InChI is InChI=1S/C12H19ClN4O/c1-5-14-10(18)7-17(6-2)12-9(4)8(3)11(13)15-16-12/h5-7H2,1-4H3,(H,14,18). The number of nitrogens with one attached hydrogen (secondary N) is 1. The van der Waals surface area contributed by atoms with Gasteiger partial charge in [-0.15, -0.1) is 10.2 Å². The van der Waals surface area contributed by atoms with Gasteiger partial charge in [0, 0.05) is 13.1 Å². The van der Waals surface area contributed by atoms with Gasteiger partial charge in [-0.3, -0.25) is 4.79 Å².